The van der Waals surface area contributed by atoms with Gasteiger partial charge in [-0.25, -0.2) is 9.78 Å². The van der Waals surface area contributed by atoms with E-state index in [1.165, 1.54) is 25.8 Å². The summed E-state index contributed by atoms with van der Waals surface area (Å²) in [6.07, 6.45) is 5.13. The van der Waals surface area contributed by atoms with E-state index in [1.54, 1.807) is 18.3 Å². The van der Waals surface area contributed by atoms with Gasteiger partial charge in [-0.05, 0) is 11.6 Å². The number of ether oxygens (including phenoxy) is 1. The molecule has 96 valence electrons. The van der Waals surface area contributed by atoms with E-state index < -0.39 is 5.97 Å². The van der Waals surface area contributed by atoms with Crippen molar-refractivity contribution in [2.75, 3.05) is 12.9 Å². The average molecular weight is 286 g/mol. The zero-order valence-corrected chi connectivity index (χ0v) is 11.5. The number of rotatable bonds is 4. The molecule has 0 saturated carbocycles. The number of carbonyl (C=O) groups excluding carboxylic acids is 2. The molecule has 0 N–H and O–H groups in total. The molecule has 1 rings (SSSR count). The molecule has 6 heteroatoms. The third-order valence-corrected chi connectivity index (χ3v) is 3.03. The first-order chi connectivity index (χ1) is 8.54. The SMILES string of the molecule is COC(=O)c1cc(C=CCSC(C)=O)cnc1Cl. The molecule has 1 heterocycles. The Balaban J connectivity index is 2.79. The van der Waals surface area contributed by atoms with Crippen molar-refractivity contribution in [2.45, 2.75) is 6.92 Å². The maximum absolute atomic E-state index is 11.4. The molecule has 0 bridgehead atoms. The lowest BCUT2D eigenvalue weighted by Gasteiger charge is -2.02. The van der Waals surface area contributed by atoms with Gasteiger partial charge in [0.15, 0.2) is 5.12 Å². The highest BCUT2D eigenvalue weighted by Crippen LogP contribution is 2.16. The van der Waals surface area contributed by atoms with Gasteiger partial charge in [0.2, 0.25) is 0 Å². The molecule has 0 spiro atoms. The van der Waals surface area contributed by atoms with E-state index in [0.29, 0.717) is 5.75 Å². The number of nitrogens with zero attached hydrogens (tertiary/aromatic N) is 1. The van der Waals surface area contributed by atoms with Gasteiger partial charge in [0.05, 0.1) is 12.7 Å². The largest absolute Gasteiger partial charge is 0.465 e. The van der Waals surface area contributed by atoms with Crippen molar-refractivity contribution >= 4 is 40.5 Å². The number of hydrogen-bond donors (Lipinski definition) is 0. The second kappa shape index (κ2) is 7.18. The number of halogens is 1. The number of carbonyl (C=O) groups is 2. The van der Waals surface area contributed by atoms with Crippen LogP contribution in [-0.2, 0) is 9.53 Å². The van der Waals surface area contributed by atoms with Crippen LogP contribution in [-0.4, -0.2) is 28.9 Å². The van der Waals surface area contributed by atoms with Crippen molar-refractivity contribution in [3.8, 4) is 0 Å². The zero-order chi connectivity index (χ0) is 13.5. The van der Waals surface area contributed by atoms with Crippen molar-refractivity contribution in [1.29, 1.82) is 0 Å². The summed E-state index contributed by atoms with van der Waals surface area (Å²) >= 11 is 6.99. The normalized spacial score (nSPS) is 10.6. The maximum Gasteiger partial charge on any atom is 0.341 e. The predicted molar refractivity (Wildman–Crippen MR) is 72.8 cm³/mol. The molecule has 18 heavy (non-hydrogen) atoms. The van der Waals surface area contributed by atoms with E-state index in [4.69, 9.17) is 11.6 Å². The minimum absolute atomic E-state index is 0.0594. The molecule has 0 saturated heterocycles. The monoisotopic (exact) mass is 285 g/mol. The molecule has 0 amide bonds. The van der Waals surface area contributed by atoms with E-state index in [0.717, 1.165) is 5.56 Å². The van der Waals surface area contributed by atoms with Crippen LogP contribution in [0, 0.1) is 0 Å². The Morgan fingerprint density at radius 2 is 2.28 bits per heavy atom. The first-order valence-corrected chi connectivity index (χ1v) is 6.44. The number of hydrogen-bond acceptors (Lipinski definition) is 5. The maximum atomic E-state index is 11.4. The van der Waals surface area contributed by atoms with Crippen molar-refractivity contribution < 1.29 is 14.3 Å². The summed E-state index contributed by atoms with van der Waals surface area (Å²) in [5, 5.41) is 0.168. The van der Waals surface area contributed by atoms with Gasteiger partial charge in [0.1, 0.15) is 5.15 Å². The third-order valence-electron chi connectivity index (χ3n) is 1.96. The number of aromatic nitrogens is 1. The Bertz CT molecular complexity index is 488. The molecule has 0 unspecified atom stereocenters. The number of methoxy groups -OCH3 is 1. The van der Waals surface area contributed by atoms with Gasteiger partial charge in [-0.3, -0.25) is 4.79 Å². The fraction of sp³-hybridized carbons (Fsp3) is 0.250. The summed E-state index contributed by atoms with van der Waals surface area (Å²) in [4.78, 5) is 26.0. The smallest absolute Gasteiger partial charge is 0.341 e. The molecule has 0 aliphatic heterocycles. The Morgan fingerprint density at radius 1 is 1.56 bits per heavy atom. The molecule has 1 aromatic heterocycles. The summed E-state index contributed by atoms with van der Waals surface area (Å²) in [5.41, 5.74) is 0.949. The minimum atomic E-state index is -0.527. The molecule has 0 aliphatic rings. The lowest BCUT2D eigenvalue weighted by Crippen LogP contribution is -2.03. The van der Waals surface area contributed by atoms with Gasteiger partial charge in [0.25, 0.3) is 0 Å². The molecule has 0 radical (unpaired) electrons. The Morgan fingerprint density at radius 3 is 2.89 bits per heavy atom. The molecule has 0 atom stereocenters. The first kappa shape index (κ1) is 14.7. The van der Waals surface area contributed by atoms with E-state index >= 15 is 0 Å². The van der Waals surface area contributed by atoms with Gasteiger partial charge >= 0.3 is 5.97 Å². The zero-order valence-electron chi connectivity index (χ0n) is 9.97. The molecule has 4 nitrogen and oxygen atoms in total. The summed E-state index contributed by atoms with van der Waals surface area (Å²) < 4.78 is 4.59. The Kier molecular flexibility index (Phi) is 5.88. The molecule has 1 aromatic rings. The van der Waals surface area contributed by atoms with Crippen LogP contribution in [0.2, 0.25) is 5.15 Å². The molecule has 0 aliphatic carbocycles. The molecular formula is C12H12ClNO3S. The Hall–Kier alpha value is -1.33. The number of pyridine rings is 1. The third kappa shape index (κ3) is 4.50. The van der Waals surface area contributed by atoms with Crippen LogP contribution >= 0.6 is 23.4 Å². The van der Waals surface area contributed by atoms with E-state index in [9.17, 15) is 9.59 Å². The van der Waals surface area contributed by atoms with Crippen LogP contribution in [0.3, 0.4) is 0 Å². The molecular weight excluding hydrogens is 274 g/mol. The van der Waals surface area contributed by atoms with Gasteiger partial charge in [-0.1, -0.05) is 35.5 Å². The van der Waals surface area contributed by atoms with Crippen LogP contribution in [0.25, 0.3) is 6.08 Å². The lowest BCUT2D eigenvalue weighted by atomic mass is 10.2. The summed E-state index contributed by atoms with van der Waals surface area (Å²) in [6.45, 7) is 1.51. The van der Waals surface area contributed by atoms with Crippen LogP contribution in [0.5, 0.6) is 0 Å². The lowest BCUT2D eigenvalue weighted by molar-refractivity contribution is -0.109. The van der Waals surface area contributed by atoms with Crippen molar-refractivity contribution in [3.05, 3.63) is 34.6 Å². The second-order valence-electron chi connectivity index (χ2n) is 3.30. The highest BCUT2D eigenvalue weighted by molar-refractivity contribution is 8.13. The summed E-state index contributed by atoms with van der Waals surface area (Å²) in [5.74, 6) is 0.0479. The van der Waals surface area contributed by atoms with Crippen molar-refractivity contribution in [1.82, 2.24) is 4.98 Å². The fourth-order valence-electron chi connectivity index (χ4n) is 1.16. The summed E-state index contributed by atoms with van der Waals surface area (Å²) in [7, 11) is 1.28. The van der Waals surface area contributed by atoms with Crippen molar-refractivity contribution in [2.24, 2.45) is 0 Å². The number of thioether (sulfide) groups is 1. The Labute approximate surface area is 114 Å². The van der Waals surface area contributed by atoms with Crippen molar-refractivity contribution in [3.63, 3.8) is 0 Å². The van der Waals surface area contributed by atoms with Crippen LogP contribution in [0.15, 0.2) is 18.3 Å². The average Bonchev–Trinajstić information content (AvgIpc) is 2.35. The van der Waals surface area contributed by atoms with Gasteiger partial charge in [0, 0.05) is 18.9 Å². The van der Waals surface area contributed by atoms with Gasteiger partial charge in [-0.2, -0.15) is 0 Å². The topological polar surface area (TPSA) is 56.3 Å². The first-order valence-electron chi connectivity index (χ1n) is 5.08. The van der Waals surface area contributed by atoms with Crippen LogP contribution in [0.4, 0.5) is 0 Å². The quantitative estimate of drug-likeness (QED) is 0.629. The van der Waals surface area contributed by atoms with E-state index in [1.807, 2.05) is 6.08 Å². The fourth-order valence-corrected chi connectivity index (χ4v) is 1.77. The van der Waals surface area contributed by atoms with Gasteiger partial charge in [-0.15, -0.1) is 0 Å². The van der Waals surface area contributed by atoms with Crippen LogP contribution in [0.1, 0.15) is 22.8 Å². The number of esters is 1. The summed E-state index contributed by atoms with van der Waals surface area (Å²) in [6, 6.07) is 1.59. The highest BCUT2D eigenvalue weighted by atomic mass is 35.5. The van der Waals surface area contributed by atoms with Crippen LogP contribution < -0.4 is 0 Å². The molecule has 0 fully saturated rings. The predicted octanol–water partition coefficient (Wildman–Crippen LogP) is 2.81. The van der Waals surface area contributed by atoms with E-state index in [2.05, 4.69) is 9.72 Å². The standard InChI is InChI=1S/C12H12ClNO3S/c1-8(15)18-5-3-4-9-6-10(12(16)17-2)11(13)14-7-9/h3-4,6-7H,5H2,1-2H3. The molecule has 0 aromatic carbocycles. The minimum Gasteiger partial charge on any atom is -0.465 e. The second-order valence-corrected chi connectivity index (χ2v) is 4.86. The van der Waals surface area contributed by atoms with Gasteiger partial charge < -0.3 is 4.74 Å². The highest BCUT2D eigenvalue weighted by Gasteiger charge is 2.11. The van der Waals surface area contributed by atoms with E-state index in [-0.39, 0.29) is 15.8 Å².